The number of likely N-dealkylation sites (tertiary alicyclic amines) is 1. The number of carbonyl (C=O) groups excluding carboxylic acids is 3. The normalized spacial score (nSPS) is 15.3. The van der Waals surface area contributed by atoms with Gasteiger partial charge in [0.2, 0.25) is 5.91 Å². The summed E-state index contributed by atoms with van der Waals surface area (Å²) < 4.78 is 8.27. The minimum atomic E-state index is -0.413. The van der Waals surface area contributed by atoms with Gasteiger partial charge in [-0.1, -0.05) is 40.1 Å². The lowest BCUT2D eigenvalue weighted by atomic mass is 10.2. The summed E-state index contributed by atoms with van der Waals surface area (Å²) in [5.41, 5.74) is 0.809. The number of carbonyl (C=O) groups is 3. The molecule has 2 heterocycles. The number of methoxy groups -OCH3 is 1. The van der Waals surface area contributed by atoms with Crippen molar-refractivity contribution in [3.05, 3.63) is 27.5 Å². The van der Waals surface area contributed by atoms with Gasteiger partial charge in [-0.25, -0.2) is 0 Å². The SMILES string of the molecule is COC(=O)Cn1c(=NC(=O)CSCC(=O)N2CCCCCC2)sc2cc(Br)ccc21. The minimum absolute atomic E-state index is 0.0230. The maximum Gasteiger partial charge on any atom is 0.325 e. The molecule has 1 fully saturated rings. The van der Waals surface area contributed by atoms with Crippen molar-refractivity contribution in [1.82, 2.24) is 9.47 Å². The Labute approximate surface area is 191 Å². The summed E-state index contributed by atoms with van der Waals surface area (Å²) in [6.45, 7) is 1.59. The molecule has 0 radical (unpaired) electrons. The van der Waals surface area contributed by atoms with Crippen LogP contribution in [0.1, 0.15) is 25.7 Å². The van der Waals surface area contributed by atoms with Crippen molar-refractivity contribution in [3.8, 4) is 0 Å². The number of esters is 1. The third-order valence-corrected chi connectivity index (χ3v) is 7.23. The standard InChI is InChI=1S/C20H24BrN3O4S2/c1-28-19(27)11-24-15-7-6-14(21)10-16(15)30-20(24)22-17(25)12-29-13-18(26)23-8-4-2-3-5-9-23/h6-7,10H,2-5,8-9,11-13H2,1H3. The van der Waals surface area contributed by atoms with Crippen LogP contribution in [0.4, 0.5) is 0 Å². The number of thioether (sulfide) groups is 1. The van der Waals surface area contributed by atoms with Crippen LogP contribution in [-0.4, -0.2) is 59.0 Å². The second kappa shape index (κ2) is 11.1. The lowest BCUT2D eigenvalue weighted by Gasteiger charge is -2.19. The first-order valence-electron chi connectivity index (χ1n) is 9.76. The molecular formula is C20H24BrN3O4S2. The van der Waals surface area contributed by atoms with Crippen molar-refractivity contribution in [3.63, 3.8) is 0 Å². The molecule has 162 valence electrons. The third-order valence-electron chi connectivity index (χ3n) is 4.79. The summed E-state index contributed by atoms with van der Waals surface area (Å²) in [5, 5.41) is 0. The number of ether oxygens (including phenoxy) is 1. The van der Waals surface area contributed by atoms with Gasteiger partial charge in [-0.3, -0.25) is 14.4 Å². The summed E-state index contributed by atoms with van der Waals surface area (Å²) in [6, 6.07) is 5.67. The number of hydrogen-bond acceptors (Lipinski definition) is 6. The minimum Gasteiger partial charge on any atom is -0.468 e. The van der Waals surface area contributed by atoms with E-state index in [-0.39, 0.29) is 29.9 Å². The molecule has 1 aliphatic heterocycles. The van der Waals surface area contributed by atoms with E-state index in [0.29, 0.717) is 4.80 Å². The molecule has 2 aromatic rings. The lowest BCUT2D eigenvalue weighted by molar-refractivity contribution is -0.141. The van der Waals surface area contributed by atoms with E-state index in [1.807, 2.05) is 23.1 Å². The van der Waals surface area contributed by atoms with E-state index in [9.17, 15) is 14.4 Å². The van der Waals surface area contributed by atoms with Crippen molar-refractivity contribution in [2.24, 2.45) is 4.99 Å². The molecule has 2 amide bonds. The molecule has 0 atom stereocenters. The van der Waals surface area contributed by atoms with Crippen molar-refractivity contribution < 1.29 is 19.1 Å². The molecule has 1 saturated heterocycles. The number of aromatic nitrogens is 1. The average Bonchev–Trinajstić information content (AvgIpc) is 2.89. The van der Waals surface area contributed by atoms with E-state index < -0.39 is 5.97 Å². The van der Waals surface area contributed by atoms with Crippen LogP contribution in [0.2, 0.25) is 0 Å². The molecule has 0 bridgehead atoms. The predicted octanol–water partition coefficient (Wildman–Crippen LogP) is 3.20. The molecule has 0 spiro atoms. The second-order valence-corrected chi connectivity index (χ2v) is 9.86. The molecule has 30 heavy (non-hydrogen) atoms. The van der Waals surface area contributed by atoms with Gasteiger partial charge in [0.15, 0.2) is 4.80 Å². The molecule has 10 heteroatoms. The van der Waals surface area contributed by atoms with Crippen LogP contribution in [0.5, 0.6) is 0 Å². The van der Waals surface area contributed by atoms with Gasteiger partial charge in [0.25, 0.3) is 5.91 Å². The predicted molar refractivity (Wildman–Crippen MR) is 122 cm³/mol. The molecule has 0 unspecified atom stereocenters. The molecule has 1 aliphatic rings. The highest BCUT2D eigenvalue weighted by Gasteiger charge is 2.16. The fraction of sp³-hybridized carbons (Fsp3) is 0.500. The zero-order chi connectivity index (χ0) is 21.5. The Hall–Kier alpha value is -1.65. The van der Waals surface area contributed by atoms with Crippen LogP contribution in [-0.2, 0) is 25.7 Å². The van der Waals surface area contributed by atoms with Gasteiger partial charge < -0.3 is 14.2 Å². The van der Waals surface area contributed by atoms with Gasteiger partial charge in [-0.05, 0) is 31.0 Å². The molecule has 1 aromatic heterocycles. The van der Waals surface area contributed by atoms with Gasteiger partial charge in [0.1, 0.15) is 6.54 Å². The van der Waals surface area contributed by atoms with E-state index in [4.69, 9.17) is 4.74 Å². The van der Waals surface area contributed by atoms with Gasteiger partial charge in [0, 0.05) is 17.6 Å². The average molecular weight is 514 g/mol. The number of thiazole rings is 1. The van der Waals surface area contributed by atoms with Crippen LogP contribution >= 0.6 is 39.0 Å². The van der Waals surface area contributed by atoms with Crippen LogP contribution in [0.25, 0.3) is 10.2 Å². The van der Waals surface area contributed by atoms with Crippen molar-refractivity contribution in [2.75, 3.05) is 31.7 Å². The van der Waals surface area contributed by atoms with Crippen LogP contribution in [0, 0.1) is 0 Å². The number of halogens is 1. The first kappa shape index (κ1) is 23.0. The number of amides is 2. The molecule has 3 rings (SSSR count). The van der Waals surface area contributed by atoms with E-state index in [0.717, 1.165) is 40.6 Å². The van der Waals surface area contributed by atoms with Crippen molar-refractivity contribution in [1.29, 1.82) is 0 Å². The molecule has 7 nitrogen and oxygen atoms in total. The molecule has 0 saturated carbocycles. The fourth-order valence-corrected chi connectivity index (χ4v) is 5.55. The Morgan fingerprint density at radius 3 is 2.60 bits per heavy atom. The summed E-state index contributed by atoms with van der Waals surface area (Å²) in [7, 11) is 1.33. The summed E-state index contributed by atoms with van der Waals surface area (Å²) in [5.74, 6) is -0.252. The molecule has 1 aromatic carbocycles. The number of hydrogen-bond donors (Lipinski definition) is 0. The zero-order valence-corrected chi connectivity index (χ0v) is 20.0. The number of rotatable bonds is 6. The van der Waals surface area contributed by atoms with Crippen LogP contribution < -0.4 is 4.80 Å². The lowest BCUT2D eigenvalue weighted by Crippen LogP contribution is -2.33. The van der Waals surface area contributed by atoms with E-state index in [2.05, 4.69) is 20.9 Å². The van der Waals surface area contributed by atoms with Gasteiger partial charge in [0.05, 0.1) is 28.8 Å². The highest BCUT2D eigenvalue weighted by Crippen LogP contribution is 2.22. The Kier molecular flexibility index (Phi) is 8.52. The smallest absolute Gasteiger partial charge is 0.325 e. The summed E-state index contributed by atoms with van der Waals surface area (Å²) >= 11 is 6.06. The van der Waals surface area contributed by atoms with Crippen LogP contribution in [0.15, 0.2) is 27.7 Å². The summed E-state index contributed by atoms with van der Waals surface area (Å²) in [6.07, 6.45) is 4.44. The Morgan fingerprint density at radius 1 is 1.17 bits per heavy atom. The maximum atomic E-state index is 12.4. The zero-order valence-electron chi connectivity index (χ0n) is 16.8. The van der Waals surface area contributed by atoms with Crippen molar-refractivity contribution in [2.45, 2.75) is 32.2 Å². The highest BCUT2D eigenvalue weighted by molar-refractivity contribution is 9.10. The number of benzene rings is 1. The van der Waals surface area contributed by atoms with Gasteiger partial charge in [-0.2, -0.15) is 4.99 Å². The molecule has 0 N–H and O–H groups in total. The van der Waals surface area contributed by atoms with E-state index in [1.165, 1.54) is 43.1 Å². The van der Waals surface area contributed by atoms with Crippen LogP contribution in [0.3, 0.4) is 0 Å². The molecular weight excluding hydrogens is 490 g/mol. The van der Waals surface area contributed by atoms with Crippen molar-refractivity contribution >= 4 is 67.0 Å². The maximum absolute atomic E-state index is 12.4. The quantitative estimate of drug-likeness (QED) is 0.554. The van der Waals surface area contributed by atoms with E-state index in [1.54, 1.807) is 4.57 Å². The first-order chi connectivity index (χ1) is 14.5. The van der Waals surface area contributed by atoms with E-state index >= 15 is 0 Å². The summed E-state index contributed by atoms with van der Waals surface area (Å²) in [4.78, 5) is 43.2. The number of nitrogens with zero attached hydrogens (tertiary/aromatic N) is 3. The highest BCUT2D eigenvalue weighted by atomic mass is 79.9. The van der Waals surface area contributed by atoms with Gasteiger partial charge >= 0.3 is 5.97 Å². The largest absolute Gasteiger partial charge is 0.468 e. The first-order valence-corrected chi connectivity index (χ1v) is 12.5. The topological polar surface area (TPSA) is 81.0 Å². The fourth-order valence-electron chi connectivity index (χ4n) is 3.25. The Bertz CT molecular complexity index is 994. The van der Waals surface area contributed by atoms with Gasteiger partial charge in [-0.15, -0.1) is 11.8 Å². The Balaban J connectivity index is 1.69. The Morgan fingerprint density at radius 2 is 1.90 bits per heavy atom. The monoisotopic (exact) mass is 513 g/mol. The molecule has 0 aliphatic carbocycles. The third kappa shape index (κ3) is 6.18. The second-order valence-electron chi connectivity index (χ2n) is 6.95. The number of fused-ring (bicyclic) bond motifs is 1.